The van der Waals surface area contributed by atoms with E-state index in [-0.39, 0.29) is 11.8 Å². The van der Waals surface area contributed by atoms with Crippen LogP contribution >= 0.6 is 0 Å². The molecule has 3 aromatic rings. The van der Waals surface area contributed by atoms with E-state index in [0.29, 0.717) is 19.1 Å². The molecule has 0 bridgehead atoms. The number of hydrogen-bond donors (Lipinski definition) is 2. The summed E-state index contributed by atoms with van der Waals surface area (Å²) in [6.07, 6.45) is 2.79. The standard InChI is InChI=1S/C33H43N3O2.C2H2O4/c1-24(2)26-15-19-28(20-16-26)36(23-25-13-17-27(18-14-25)35(5)6)33(37)31-11-7-10-30-29(31)9-8-12-32(30)38-22-21-34(3)4;3-1(4)2(5)6/h8-9,12-20,24,31H,7,10-11,21-23H2,1-6H3;(H,3,4)(H,5,6). The number of carboxylic acid groups (broad SMARTS) is 2. The zero-order valence-electron chi connectivity index (χ0n) is 26.6. The zero-order valence-corrected chi connectivity index (χ0v) is 26.6. The van der Waals surface area contributed by atoms with Gasteiger partial charge in [0.05, 0.1) is 12.5 Å². The Hall–Kier alpha value is -4.37. The topological polar surface area (TPSA) is 111 Å². The van der Waals surface area contributed by atoms with Crippen LogP contribution in [0.25, 0.3) is 0 Å². The van der Waals surface area contributed by atoms with Crippen LogP contribution in [0.4, 0.5) is 11.4 Å². The van der Waals surface area contributed by atoms with Crippen LogP contribution in [0, 0.1) is 0 Å². The molecule has 0 saturated carbocycles. The number of carboxylic acids is 2. The normalized spacial score (nSPS) is 13.9. The summed E-state index contributed by atoms with van der Waals surface area (Å²) in [7, 11) is 8.18. The van der Waals surface area contributed by atoms with Crippen molar-refractivity contribution in [3.8, 4) is 5.75 Å². The Morgan fingerprint density at radius 3 is 2.02 bits per heavy atom. The number of benzene rings is 3. The minimum atomic E-state index is -1.82. The van der Waals surface area contributed by atoms with Crippen LogP contribution in [0.15, 0.2) is 66.7 Å². The number of hydrogen-bond acceptors (Lipinski definition) is 6. The van der Waals surface area contributed by atoms with Gasteiger partial charge in [-0.05, 0) is 91.9 Å². The van der Waals surface area contributed by atoms with Crippen LogP contribution in [-0.2, 0) is 27.3 Å². The van der Waals surface area contributed by atoms with Crippen molar-refractivity contribution in [3.05, 3.63) is 89.0 Å². The molecule has 44 heavy (non-hydrogen) atoms. The number of rotatable bonds is 10. The Kier molecular flexibility index (Phi) is 12.3. The molecule has 3 aromatic carbocycles. The maximum Gasteiger partial charge on any atom is 0.414 e. The summed E-state index contributed by atoms with van der Waals surface area (Å²) >= 11 is 0. The van der Waals surface area contributed by atoms with Crippen molar-refractivity contribution in [2.45, 2.75) is 51.5 Å². The van der Waals surface area contributed by atoms with E-state index in [9.17, 15) is 4.79 Å². The fraction of sp³-hybridized carbons (Fsp3) is 0.400. The summed E-state index contributed by atoms with van der Waals surface area (Å²) < 4.78 is 6.18. The highest BCUT2D eigenvalue weighted by molar-refractivity contribution is 6.27. The van der Waals surface area contributed by atoms with Gasteiger partial charge in [-0.25, -0.2) is 9.59 Å². The SMILES string of the molecule is CC(C)c1ccc(N(Cc2ccc(N(C)C)cc2)C(=O)C2CCCc3c(OCCN(C)C)cccc32)cc1.O=C(O)C(=O)O. The lowest BCUT2D eigenvalue weighted by atomic mass is 9.81. The van der Waals surface area contributed by atoms with Gasteiger partial charge in [-0.1, -0.05) is 50.2 Å². The summed E-state index contributed by atoms with van der Waals surface area (Å²) in [5.74, 6) is -2.30. The third-order valence-corrected chi connectivity index (χ3v) is 7.67. The van der Waals surface area contributed by atoms with Gasteiger partial charge in [0.15, 0.2) is 0 Å². The first-order valence-corrected chi connectivity index (χ1v) is 14.9. The average Bonchev–Trinajstić information content (AvgIpc) is 2.99. The van der Waals surface area contributed by atoms with Gasteiger partial charge >= 0.3 is 11.9 Å². The van der Waals surface area contributed by atoms with E-state index in [0.717, 1.165) is 54.1 Å². The van der Waals surface area contributed by atoms with Crippen molar-refractivity contribution >= 4 is 29.2 Å². The third kappa shape index (κ3) is 9.31. The molecular formula is C35H45N3O6. The molecule has 236 valence electrons. The largest absolute Gasteiger partial charge is 0.492 e. The second-order valence-electron chi connectivity index (χ2n) is 11.8. The Labute approximate surface area is 260 Å². The van der Waals surface area contributed by atoms with E-state index < -0.39 is 11.9 Å². The Balaban J connectivity index is 0.000000801. The summed E-state index contributed by atoms with van der Waals surface area (Å²) in [4.78, 5) is 38.7. The van der Waals surface area contributed by atoms with Crippen molar-refractivity contribution < 1.29 is 29.3 Å². The number of aliphatic carboxylic acids is 2. The lowest BCUT2D eigenvalue weighted by Gasteiger charge is -2.32. The fourth-order valence-corrected chi connectivity index (χ4v) is 5.15. The Morgan fingerprint density at radius 1 is 0.864 bits per heavy atom. The highest BCUT2D eigenvalue weighted by atomic mass is 16.5. The lowest BCUT2D eigenvalue weighted by molar-refractivity contribution is -0.159. The zero-order chi connectivity index (χ0) is 32.4. The van der Waals surface area contributed by atoms with Crippen molar-refractivity contribution in [1.82, 2.24) is 4.90 Å². The van der Waals surface area contributed by atoms with Crippen LogP contribution in [0.5, 0.6) is 5.75 Å². The fourth-order valence-electron chi connectivity index (χ4n) is 5.15. The minimum Gasteiger partial charge on any atom is -0.492 e. The van der Waals surface area contributed by atoms with Gasteiger partial charge in [-0.15, -0.1) is 0 Å². The monoisotopic (exact) mass is 603 g/mol. The predicted molar refractivity (Wildman–Crippen MR) is 174 cm³/mol. The molecule has 0 radical (unpaired) electrons. The number of nitrogens with zero attached hydrogens (tertiary/aromatic N) is 3. The average molecular weight is 604 g/mol. The van der Waals surface area contributed by atoms with Crippen molar-refractivity contribution in [2.75, 3.05) is 51.1 Å². The van der Waals surface area contributed by atoms with Gasteiger partial charge in [0.1, 0.15) is 12.4 Å². The van der Waals surface area contributed by atoms with Gasteiger partial charge in [0.25, 0.3) is 0 Å². The Bertz CT molecular complexity index is 1390. The van der Waals surface area contributed by atoms with E-state index in [1.54, 1.807) is 0 Å². The van der Waals surface area contributed by atoms with Crippen LogP contribution < -0.4 is 14.5 Å². The molecule has 0 spiro atoms. The first-order chi connectivity index (χ1) is 20.9. The highest BCUT2D eigenvalue weighted by Gasteiger charge is 2.32. The number of anilines is 2. The van der Waals surface area contributed by atoms with Crippen molar-refractivity contribution in [1.29, 1.82) is 0 Å². The molecule has 4 rings (SSSR count). The number of amides is 1. The summed E-state index contributed by atoms with van der Waals surface area (Å²) in [6.45, 7) is 6.43. The summed E-state index contributed by atoms with van der Waals surface area (Å²) in [6, 6.07) is 23.2. The molecule has 0 saturated heterocycles. The van der Waals surface area contributed by atoms with Crippen LogP contribution in [0.2, 0.25) is 0 Å². The predicted octanol–water partition coefficient (Wildman–Crippen LogP) is 5.63. The summed E-state index contributed by atoms with van der Waals surface area (Å²) in [5.41, 5.74) is 6.81. The highest BCUT2D eigenvalue weighted by Crippen LogP contribution is 2.39. The van der Waals surface area contributed by atoms with Crippen molar-refractivity contribution in [2.24, 2.45) is 0 Å². The second kappa shape index (κ2) is 15.9. The van der Waals surface area contributed by atoms with Gasteiger partial charge in [0.2, 0.25) is 5.91 Å². The van der Waals surface area contributed by atoms with Crippen LogP contribution in [0.1, 0.15) is 60.8 Å². The number of carbonyl (C=O) groups is 3. The van der Waals surface area contributed by atoms with Crippen LogP contribution in [0.3, 0.4) is 0 Å². The van der Waals surface area contributed by atoms with E-state index in [1.165, 1.54) is 11.1 Å². The molecular weight excluding hydrogens is 558 g/mol. The number of carbonyl (C=O) groups excluding carboxylic acids is 1. The molecule has 1 atom stereocenters. The lowest BCUT2D eigenvalue weighted by Crippen LogP contribution is -2.36. The molecule has 9 nitrogen and oxygen atoms in total. The van der Waals surface area contributed by atoms with Gasteiger partial charge in [-0.2, -0.15) is 0 Å². The molecule has 0 aliphatic heterocycles. The maximum atomic E-state index is 14.3. The van der Waals surface area contributed by atoms with E-state index >= 15 is 0 Å². The van der Waals surface area contributed by atoms with Gasteiger partial charge in [-0.3, -0.25) is 4.79 Å². The molecule has 9 heteroatoms. The smallest absolute Gasteiger partial charge is 0.414 e. The minimum absolute atomic E-state index is 0.158. The first kappa shape index (κ1) is 34.1. The third-order valence-electron chi connectivity index (χ3n) is 7.67. The molecule has 1 aliphatic carbocycles. The maximum absolute atomic E-state index is 14.3. The van der Waals surface area contributed by atoms with Crippen LogP contribution in [-0.4, -0.2) is 74.3 Å². The van der Waals surface area contributed by atoms with E-state index in [1.807, 2.05) is 25.1 Å². The number of likely N-dealkylation sites (N-methyl/N-ethyl adjacent to an activating group) is 1. The Morgan fingerprint density at radius 2 is 1.48 bits per heavy atom. The molecule has 1 aliphatic rings. The van der Waals surface area contributed by atoms with E-state index in [2.05, 4.69) is 98.4 Å². The quantitative estimate of drug-likeness (QED) is 0.287. The van der Waals surface area contributed by atoms with E-state index in [4.69, 9.17) is 24.5 Å². The molecule has 1 amide bonds. The molecule has 1 unspecified atom stereocenters. The molecule has 2 N–H and O–H groups in total. The van der Waals surface area contributed by atoms with Gasteiger partial charge in [0, 0.05) is 32.0 Å². The number of ether oxygens (including phenoxy) is 1. The second-order valence-corrected chi connectivity index (χ2v) is 11.8. The molecule has 0 aromatic heterocycles. The van der Waals surface area contributed by atoms with Crippen molar-refractivity contribution in [3.63, 3.8) is 0 Å². The first-order valence-electron chi connectivity index (χ1n) is 14.9. The summed E-state index contributed by atoms with van der Waals surface area (Å²) in [5, 5.41) is 14.8. The molecule has 0 heterocycles. The van der Waals surface area contributed by atoms with Gasteiger partial charge < -0.3 is 29.6 Å². The number of fused-ring (bicyclic) bond motifs is 1. The molecule has 0 fully saturated rings.